The summed E-state index contributed by atoms with van der Waals surface area (Å²) in [5, 5.41) is 0. The Hall–Kier alpha value is -2.85. The van der Waals surface area contributed by atoms with Crippen LogP contribution in [0.1, 0.15) is 103 Å². The summed E-state index contributed by atoms with van der Waals surface area (Å²) in [5.74, 6) is 0.386. The van der Waals surface area contributed by atoms with Crippen molar-refractivity contribution in [3.8, 4) is 0 Å². The van der Waals surface area contributed by atoms with E-state index in [1.165, 1.54) is 47.3 Å². The molecule has 2 atom stereocenters. The van der Waals surface area contributed by atoms with Crippen LogP contribution >= 0.6 is 0 Å². The predicted molar refractivity (Wildman–Crippen MR) is 198 cm³/mol. The Bertz CT molecular complexity index is 1840. The van der Waals surface area contributed by atoms with Crippen molar-refractivity contribution in [2.24, 2.45) is 0 Å². The van der Waals surface area contributed by atoms with Gasteiger partial charge in [-0.05, 0) is 98.2 Å². The average molecular weight is 848 g/mol. The average Bonchev–Trinajstić information content (AvgIpc) is 3.77. The first-order valence-electron chi connectivity index (χ1n) is 17.5. The van der Waals surface area contributed by atoms with E-state index in [2.05, 4.69) is 82.7 Å². The molecule has 1 amide bonds. The number of amides is 1. The number of aromatic nitrogens is 4. The number of rotatable bonds is 13. The van der Waals surface area contributed by atoms with E-state index in [0.717, 1.165) is 85.9 Å². The molecule has 2 aliphatic heterocycles. The monoisotopic (exact) mass is 847 g/mol. The molecule has 5 rings (SSSR count). The van der Waals surface area contributed by atoms with Gasteiger partial charge in [-0.25, -0.2) is 4.98 Å². The fourth-order valence-electron chi connectivity index (χ4n) is 7.09. The summed E-state index contributed by atoms with van der Waals surface area (Å²) in [7, 11) is 1.87. The van der Waals surface area contributed by atoms with Crippen LogP contribution in [0.2, 0.25) is 4.08 Å². The second-order valence-corrected chi connectivity index (χ2v) is 14.8. The van der Waals surface area contributed by atoms with Crippen molar-refractivity contribution in [1.29, 1.82) is 0 Å². The van der Waals surface area contributed by atoms with Crippen LogP contribution in [0.3, 0.4) is 0 Å². The zero-order valence-corrected chi connectivity index (χ0v) is 33.2. The topological polar surface area (TPSA) is 96.1 Å². The van der Waals surface area contributed by atoms with E-state index in [4.69, 9.17) is 19.4 Å². The third kappa shape index (κ3) is 7.80. The molecule has 3 aromatic rings. The van der Waals surface area contributed by atoms with Gasteiger partial charge in [0.05, 0.1) is 11.4 Å². The number of nitrogens with one attached hydrogen (secondary N) is 2. The number of likely N-dealkylation sites (N-methyl/N-ethyl adjacent to an activating group) is 1. The van der Waals surface area contributed by atoms with E-state index < -0.39 is 0 Å². The van der Waals surface area contributed by atoms with E-state index in [-0.39, 0.29) is 17.7 Å². The summed E-state index contributed by atoms with van der Waals surface area (Å²) in [5.41, 5.74) is 15.9. The van der Waals surface area contributed by atoms with Crippen LogP contribution < -0.4 is 0 Å². The number of carbonyl (C=O) groups excluding carboxylic acids is 1. The van der Waals surface area contributed by atoms with E-state index in [1.807, 2.05) is 7.05 Å². The summed E-state index contributed by atoms with van der Waals surface area (Å²) < 4.78 is 12.3. The quantitative estimate of drug-likeness (QED) is 0.172. The van der Waals surface area contributed by atoms with Crippen molar-refractivity contribution >= 4 is 64.7 Å². The molecule has 1 radical (unpaired) electrons. The third-order valence-electron chi connectivity index (χ3n) is 10.2. The van der Waals surface area contributed by atoms with Crippen molar-refractivity contribution in [3.05, 3.63) is 68.8 Å². The summed E-state index contributed by atoms with van der Waals surface area (Å²) in [6, 6.07) is 6.70. The zero-order chi connectivity index (χ0) is 34.5. The maximum Gasteiger partial charge on any atom is 0.00686 e. The van der Waals surface area contributed by atoms with Gasteiger partial charge in [-0.1, -0.05) is 20.8 Å². The Balaban J connectivity index is 1.54. The Morgan fingerprint density at radius 2 is 1.48 bits per heavy atom. The van der Waals surface area contributed by atoms with Crippen LogP contribution in [-0.4, -0.2) is 95.8 Å². The number of hydrogen-bond donors (Lipinski definition) is 2. The maximum atomic E-state index is 13.3. The van der Waals surface area contributed by atoms with Gasteiger partial charge in [0.25, 0.3) is 0 Å². The van der Waals surface area contributed by atoms with Gasteiger partial charge in [0.15, 0.2) is 0 Å². The van der Waals surface area contributed by atoms with Crippen LogP contribution in [0.15, 0.2) is 18.2 Å². The minimum absolute atomic E-state index is 0.106. The molecule has 8 bridgehead atoms. The molecular weight excluding hydrogens is 795 g/mol. The van der Waals surface area contributed by atoms with Gasteiger partial charge in [0, 0.05) is 45.3 Å². The number of nitrogens with zero attached hydrogens (tertiary/aromatic N) is 3. The Labute approximate surface area is 301 Å². The largest absolute Gasteiger partial charge is 0.0612 e. The molecule has 0 aliphatic carbocycles. The van der Waals surface area contributed by atoms with Crippen LogP contribution in [0.4, 0.5) is 0 Å². The van der Waals surface area contributed by atoms with E-state index in [1.54, 1.807) is 4.90 Å². The van der Waals surface area contributed by atoms with Gasteiger partial charge in [-0.3, -0.25) is 4.98 Å². The molecule has 5 heterocycles. The fraction of sp³-hybridized carbons (Fsp3) is 0.513. The number of fused-ring (bicyclic) bond motifs is 8. The predicted octanol–water partition coefficient (Wildman–Crippen LogP) is 7.67. The molecule has 3 aromatic heterocycles. The SMILES string of the molecule is CCc1c(C)c2cc3[nH]c(cc4nc(c(C)c5nc(cc1[nH]2)C(C)=C5)[C@@H](CCC(=O)N(C)CCOCCOC[CH2][Po])[C@@H]4C)c(C)c3CC. The summed E-state index contributed by atoms with van der Waals surface area (Å²) in [6.07, 6.45) is 5.23. The summed E-state index contributed by atoms with van der Waals surface area (Å²) in [6.45, 7) is 18.4. The van der Waals surface area contributed by atoms with Gasteiger partial charge < -0.3 is 9.97 Å². The smallest absolute Gasteiger partial charge is 0.00686 e. The standard InChI is InChI=1S/C39H52N5O3.Po/c1-10-28-25(6)34-22-37-29(11-2)24(5)33(41-37)21-35-26(7)30(13-14-38(45)44(9)15-16-47-18-17-46-12-3)39(43-35)27(8)32-19-23(4)31(40-32)20-36(28)42-34;/h19-22,26,30,41-42H,3,10-18H2,1-2,4-9H3;/t26-,30-;/m0./s1. The third-order valence-corrected chi connectivity index (χ3v) is 10.8. The van der Waals surface area contributed by atoms with Gasteiger partial charge in [-0.2, -0.15) is 0 Å². The number of allylic oxidation sites excluding steroid dienone is 1. The molecule has 0 unspecified atom stereocenters. The zero-order valence-electron chi connectivity index (χ0n) is 30.0. The van der Waals surface area contributed by atoms with Crippen LogP contribution in [-0.2, 0) is 27.1 Å². The Kier molecular flexibility index (Phi) is 12.3. The molecule has 257 valence electrons. The van der Waals surface area contributed by atoms with E-state index in [0.29, 0.717) is 32.8 Å². The van der Waals surface area contributed by atoms with Gasteiger partial charge in [-0.15, -0.1) is 0 Å². The van der Waals surface area contributed by atoms with Crippen molar-refractivity contribution in [2.45, 2.75) is 90.1 Å². The van der Waals surface area contributed by atoms with Gasteiger partial charge in [0.1, 0.15) is 0 Å². The first-order valence-corrected chi connectivity index (χ1v) is 19.7. The molecular formula is C39H52N5O3Po. The molecule has 0 spiro atoms. The number of aryl methyl sites for hydroxylation is 4. The number of carbonyl (C=O) groups is 1. The number of ether oxygens (including phenoxy) is 2. The minimum atomic E-state index is 0.106. The molecule has 0 saturated carbocycles. The minimum Gasteiger partial charge on any atom is -0.0612 e. The Morgan fingerprint density at radius 3 is 2.12 bits per heavy atom. The van der Waals surface area contributed by atoms with Crippen molar-refractivity contribution in [2.75, 3.05) is 40.0 Å². The molecule has 0 fully saturated rings. The molecule has 8 nitrogen and oxygen atoms in total. The Morgan fingerprint density at radius 1 is 0.854 bits per heavy atom. The van der Waals surface area contributed by atoms with E-state index >= 15 is 0 Å². The van der Waals surface area contributed by atoms with Crippen LogP contribution in [0, 0.1) is 20.8 Å². The summed E-state index contributed by atoms with van der Waals surface area (Å²) in [4.78, 5) is 33.0. The normalized spacial score (nSPS) is 16.0. The molecule has 48 heavy (non-hydrogen) atoms. The second kappa shape index (κ2) is 16.2. The van der Waals surface area contributed by atoms with E-state index in [9.17, 15) is 4.79 Å². The van der Waals surface area contributed by atoms with Crippen LogP contribution in [0.25, 0.3) is 33.7 Å². The number of hydrogen-bond acceptors (Lipinski definition) is 5. The van der Waals surface area contributed by atoms with Crippen molar-refractivity contribution < 1.29 is 14.3 Å². The molecule has 0 saturated heterocycles. The summed E-state index contributed by atoms with van der Waals surface area (Å²) >= 11 is 1.53. The molecule has 0 aromatic carbocycles. The first kappa shape index (κ1) is 36.4. The van der Waals surface area contributed by atoms with Crippen molar-refractivity contribution in [3.63, 3.8) is 0 Å². The van der Waals surface area contributed by atoms with Crippen LogP contribution in [0.5, 0.6) is 0 Å². The number of H-pyrrole nitrogens is 2. The second-order valence-electron chi connectivity index (χ2n) is 13.2. The van der Waals surface area contributed by atoms with Gasteiger partial charge in [0.2, 0.25) is 0 Å². The number of aromatic amines is 2. The van der Waals surface area contributed by atoms with Gasteiger partial charge >= 0.3 is 107 Å². The molecule has 9 heteroatoms. The molecule has 2 N–H and O–H groups in total. The first-order chi connectivity index (χ1) is 23.1. The maximum absolute atomic E-state index is 13.3. The van der Waals surface area contributed by atoms with Crippen molar-refractivity contribution in [1.82, 2.24) is 24.8 Å². The molecule has 2 aliphatic rings. The fourth-order valence-corrected chi connectivity index (χ4v) is 7.55.